The van der Waals surface area contributed by atoms with Crippen molar-refractivity contribution in [2.75, 3.05) is 12.1 Å². The Morgan fingerprint density at radius 2 is 1.55 bits per heavy atom. The minimum absolute atomic E-state index is 0.563. The molecule has 0 aromatic heterocycles. The van der Waals surface area contributed by atoms with Gasteiger partial charge in [0.15, 0.2) is 5.84 Å². The van der Waals surface area contributed by atoms with Gasteiger partial charge in [0.2, 0.25) is 5.11 Å². The van der Waals surface area contributed by atoms with Crippen molar-refractivity contribution in [3.8, 4) is 0 Å². The van der Waals surface area contributed by atoms with E-state index < -0.39 is 0 Å². The minimum Gasteiger partial charge on any atom is -0.266 e. The van der Waals surface area contributed by atoms with Crippen LogP contribution in [0.4, 0.5) is 5.69 Å². The highest BCUT2D eigenvalue weighted by atomic mass is 32.1. The second-order valence-electron chi connectivity index (χ2n) is 4.40. The lowest BCUT2D eigenvalue weighted by Crippen LogP contribution is -2.55. The first kappa shape index (κ1) is 12.6. The topological polar surface area (TPSA) is 30.9 Å². The fourth-order valence-corrected chi connectivity index (χ4v) is 2.12. The number of hydrazone groups is 1. The number of benzene rings is 2. The van der Waals surface area contributed by atoms with E-state index in [1.54, 1.807) is 5.01 Å². The van der Waals surface area contributed by atoms with Crippen LogP contribution in [0, 0.1) is 0 Å². The normalized spacial score (nSPS) is 14.8. The van der Waals surface area contributed by atoms with E-state index in [1.165, 1.54) is 0 Å². The van der Waals surface area contributed by atoms with Crippen LogP contribution in [0.3, 0.4) is 0 Å². The van der Waals surface area contributed by atoms with E-state index in [1.807, 2.05) is 72.7 Å². The van der Waals surface area contributed by atoms with Crippen LogP contribution < -0.4 is 10.4 Å². The average Bonchev–Trinajstić information content (AvgIpc) is 2.51. The van der Waals surface area contributed by atoms with Gasteiger partial charge in [-0.05, 0) is 24.4 Å². The fourth-order valence-electron chi connectivity index (χ4n) is 1.99. The number of hydrogen-bond acceptors (Lipinski definition) is 3. The molecule has 20 heavy (non-hydrogen) atoms. The Kier molecular flexibility index (Phi) is 3.35. The van der Waals surface area contributed by atoms with E-state index in [4.69, 9.17) is 12.2 Å². The van der Waals surface area contributed by atoms with Crippen LogP contribution in [0.25, 0.3) is 0 Å². The third-order valence-corrected chi connectivity index (χ3v) is 3.36. The Morgan fingerprint density at radius 3 is 2.20 bits per heavy atom. The van der Waals surface area contributed by atoms with Crippen LogP contribution in [0.15, 0.2) is 65.8 Å². The molecule has 100 valence electrons. The van der Waals surface area contributed by atoms with Gasteiger partial charge in [-0.15, -0.1) is 0 Å². The molecule has 1 aliphatic heterocycles. The number of amidine groups is 1. The van der Waals surface area contributed by atoms with Crippen molar-refractivity contribution in [3.63, 3.8) is 0 Å². The van der Waals surface area contributed by atoms with Crippen molar-refractivity contribution in [1.82, 2.24) is 10.4 Å². The van der Waals surface area contributed by atoms with Crippen LogP contribution in [0.1, 0.15) is 5.56 Å². The summed E-state index contributed by atoms with van der Waals surface area (Å²) in [7, 11) is 1.83. The molecule has 2 aromatic carbocycles. The van der Waals surface area contributed by atoms with Gasteiger partial charge < -0.3 is 0 Å². The second-order valence-corrected chi connectivity index (χ2v) is 4.79. The maximum atomic E-state index is 5.27. The Morgan fingerprint density at radius 1 is 0.950 bits per heavy atom. The van der Waals surface area contributed by atoms with Gasteiger partial charge in [-0.1, -0.05) is 48.5 Å². The molecule has 0 saturated heterocycles. The average molecular weight is 282 g/mol. The Labute approximate surface area is 123 Å². The number of hydrazine groups is 1. The highest BCUT2D eigenvalue weighted by molar-refractivity contribution is 7.80. The van der Waals surface area contributed by atoms with Gasteiger partial charge in [-0.2, -0.15) is 5.10 Å². The SMILES string of the molecule is CN1N=C(c2ccccc2)N(c2ccccc2)NC1=S. The molecule has 0 aliphatic carbocycles. The van der Waals surface area contributed by atoms with Gasteiger partial charge in [0.1, 0.15) is 0 Å². The molecule has 0 atom stereocenters. The maximum Gasteiger partial charge on any atom is 0.208 e. The Balaban J connectivity index is 2.07. The first-order valence-corrected chi connectivity index (χ1v) is 6.70. The first-order chi connectivity index (χ1) is 9.75. The molecule has 0 spiro atoms. The van der Waals surface area contributed by atoms with Crippen molar-refractivity contribution < 1.29 is 0 Å². The van der Waals surface area contributed by atoms with Crippen molar-refractivity contribution in [3.05, 3.63) is 66.2 Å². The molecule has 1 N–H and O–H groups in total. The summed E-state index contributed by atoms with van der Waals surface area (Å²) in [4.78, 5) is 0. The third kappa shape index (κ3) is 2.35. The molecule has 3 rings (SSSR count). The summed E-state index contributed by atoms with van der Waals surface area (Å²) in [5.74, 6) is 0.813. The molecule has 0 fully saturated rings. The van der Waals surface area contributed by atoms with E-state index >= 15 is 0 Å². The number of nitrogens with zero attached hydrogens (tertiary/aromatic N) is 3. The Hall–Kier alpha value is -2.40. The van der Waals surface area contributed by atoms with Crippen molar-refractivity contribution >= 4 is 28.9 Å². The number of nitrogens with one attached hydrogen (secondary N) is 1. The quantitative estimate of drug-likeness (QED) is 0.858. The third-order valence-electron chi connectivity index (χ3n) is 3.00. The number of para-hydroxylation sites is 1. The molecule has 1 aliphatic rings. The number of anilines is 1. The summed E-state index contributed by atoms with van der Waals surface area (Å²) in [5.41, 5.74) is 5.21. The highest BCUT2D eigenvalue weighted by Crippen LogP contribution is 2.18. The second kappa shape index (κ2) is 5.30. The van der Waals surface area contributed by atoms with Crippen LogP contribution >= 0.6 is 12.2 Å². The van der Waals surface area contributed by atoms with E-state index in [9.17, 15) is 0 Å². The molecule has 0 unspecified atom stereocenters. The smallest absolute Gasteiger partial charge is 0.208 e. The molecule has 2 aromatic rings. The lowest BCUT2D eigenvalue weighted by molar-refractivity contribution is 0.512. The summed E-state index contributed by atoms with van der Waals surface area (Å²) in [6.45, 7) is 0. The summed E-state index contributed by atoms with van der Waals surface area (Å²) in [6.07, 6.45) is 0. The standard InChI is InChI=1S/C15H14N4S/c1-18-15(20)17-19(13-10-6-3-7-11-13)14(16-18)12-8-4-2-5-9-12/h2-11H,1H3,(H,17,20). The summed E-state index contributed by atoms with van der Waals surface area (Å²) >= 11 is 5.27. The van der Waals surface area contributed by atoms with Crippen molar-refractivity contribution in [1.29, 1.82) is 0 Å². The number of rotatable bonds is 2. The summed E-state index contributed by atoms with van der Waals surface area (Å²) in [6, 6.07) is 20.0. The van der Waals surface area contributed by atoms with Crippen LogP contribution in [-0.2, 0) is 0 Å². The molecule has 5 heteroatoms. The van der Waals surface area contributed by atoms with Gasteiger partial charge >= 0.3 is 0 Å². The first-order valence-electron chi connectivity index (χ1n) is 6.29. The highest BCUT2D eigenvalue weighted by Gasteiger charge is 2.23. The zero-order valence-electron chi connectivity index (χ0n) is 11.0. The van der Waals surface area contributed by atoms with Crippen LogP contribution in [-0.4, -0.2) is 23.0 Å². The largest absolute Gasteiger partial charge is 0.266 e. The molecule has 0 amide bonds. The van der Waals surface area contributed by atoms with Crippen molar-refractivity contribution in [2.24, 2.45) is 5.10 Å². The Bertz CT molecular complexity index is 639. The molecule has 0 bridgehead atoms. The molecular formula is C15H14N4S. The zero-order chi connectivity index (χ0) is 13.9. The molecule has 1 heterocycles. The zero-order valence-corrected chi connectivity index (χ0v) is 11.8. The van der Waals surface area contributed by atoms with E-state index in [-0.39, 0.29) is 0 Å². The lowest BCUT2D eigenvalue weighted by Gasteiger charge is -2.34. The molecule has 0 radical (unpaired) electrons. The summed E-state index contributed by atoms with van der Waals surface area (Å²) < 4.78 is 0. The van der Waals surface area contributed by atoms with Crippen molar-refractivity contribution in [2.45, 2.75) is 0 Å². The minimum atomic E-state index is 0.563. The number of hydrogen-bond donors (Lipinski definition) is 1. The van der Waals surface area contributed by atoms with Gasteiger partial charge in [-0.25, -0.2) is 10.0 Å². The van der Waals surface area contributed by atoms with Crippen LogP contribution in [0.2, 0.25) is 0 Å². The molecular weight excluding hydrogens is 268 g/mol. The number of thiocarbonyl (C=S) groups is 1. The maximum absolute atomic E-state index is 5.27. The fraction of sp³-hybridized carbons (Fsp3) is 0.0667. The van der Waals surface area contributed by atoms with Gasteiger partial charge in [0.05, 0.1) is 5.69 Å². The van der Waals surface area contributed by atoms with Crippen LogP contribution in [0.5, 0.6) is 0 Å². The predicted molar refractivity (Wildman–Crippen MR) is 85.4 cm³/mol. The van der Waals surface area contributed by atoms with Gasteiger partial charge in [0.25, 0.3) is 0 Å². The van der Waals surface area contributed by atoms with E-state index in [0.717, 1.165) is 17.1 Å². The monoisotopic (exact) mass is 282 g/mol. The van der Waals surface area contributed by atoms with E-state index in [0.29, 0.717) is 5.11 Å². The van der Waals surface area contributed by atoms with E-state index in [2.05, 4.69) is 10.5 Å². The van der Waals surface area contributed by atoms with Gasteiger partial charge in [0, 0.05) is 12.6 Å². The summed E-state index contributed by atoms with van der Waals surface area (Å²) in [5, 5.41) is 8.69. The predicted octanol–water partition coefficient (Wildman–Crippen LogP) is 2.59. The van der Waals surface area contributed by atoms with Gasteiger partial charge in [-0.3, -0.25) is 5.43 Å². The molecule has 4 nitrogen and oxygen atoms in total. The molecule has 0 saturated carbocycles. The lowest BCUT2D eigenvalue weighted by atomic mass is 10.2.